The third kappa shape index (κ3) is 5.20. The van der Waals surface area contributed by atoms with Crippen LogP contribution in [-0.2, 0) is 0 Å². The van der Waals surface area contributed by atoms with Crippen LogP contribution in [0.3, 0.4) is 0 Å². The molecule has 0 spiro atoms. The maximum Gasteiger partial charge on any atom is 0.255 e. The smallest absolute Gasteiger partial charge is 0.255 e. The van der Waals surface area contributed by atoms with Crippen LogP contribution >= 0.6 is 0 Å². The lowest BCUT2D eigenvalue weighted by atomic mass is 10.1. The fourth-order valence-electron chi connectivity index (χ4n) is 4.85. The van der Waals surface area contributed by atoms with Crippen molar-refractivity contribution in [3.8, 4) is 17.2 Å². The number of nitrogens with zero attached hydrogens (tertiary/aromatic N) is 5. The Hall–Kier alpha value is -6.04. The van der Waals surface area contributed by atoms with Crippen LogP contribution in [0.4, 0.5) is 11.4 Å². The maximum absolute atomic E-state index is 13.4. The van der Waals surface area contributed by atoms with Crippen molar-refractivity contribution in [2.45, 2.75) is 13.8 Å². The quantitative estimate of drug-likeness (QED) is 0.272. The molecule has 0 saturated heterocycles. The van der Waals surface area contributed by atoms with Gasteiger partial charge in [0.05, 0.1) is 5.52 Å². The molecule has 2 amide bonds. The number of carbonyl (C=O) groups excluding carboxylic acids is 2. The highest BCUT2D eigenvalue weighted by Gasteiger charge is 2.17. The molecule has 0 unspecified atom stereocenters. The van der Waals surface area contributed by atoms with Gasteiger partial charge < -0.3 is 24.9 Å². The fourth-order valence-corrected chi connectivity index (χ4v) is 4.85. The second-order valence-corrected chi connectivity index (χ2v) is 10.2. The van der Waals surface area contributed by atoms with Crippen LogP contribution in [0.1, 0.15) is 32.0 Å². The Morgan fingerprint density at radius 1 is 0.841 bits per heavy atom. The van der Waals surface area contributed by atoms with Gasteiger partial charge in [0.1, 0.15) is 18.7 Å². The first-order valence-electron chi connectivity index (χ1n) is 13.8. The summed E-state index contributed by atoms with van der Waals surface area (Å²) in [4.78, 5) is 42.6. The molecule has 0 aliphatic carbocycles. The minimum Gasteiger partial charge on any atom is -0.486 e. The number of rotatable bonds is 6. The van der Waals surface area contributed by atoms with E-state index in [2.05, 4.69) is 30.9 Å². The first-order chi connectivity index (χ1) is 21.4. The molecular weight excluding hydrogens is 562 g/mol. The van der Waals surface area contributed by atoms with Gasteiger partial charge in [0, 0.05) is 45.8 Å². The van der Waals surface area contributed by atoms with Crippen LogP contribution in [0, 0.1) is 13.8 Å². The summed E-state index contributed by atoms with van der Waals surface area (Å²) in [6.07, 6.45) is 1.63. The number of aryl methyl sites for hydroxylation is 2. The van der Waals surface area contributed by atoms with Crippen LogP contribution in [0.2, 0.25) is 0 Å². The topological polar surface area (TPSA) is 142 Å². The van der Waals surface area contributed by atoms with Crippen LogP contribution in [-0.4, -0.2) is 50.2 Å². The van der Waals surface area contributed by atoms with E-state index in [9.17, 15) is 9.59 Å². The number of hydrogen-bond acceptors (Lipinski definition) is 9. The molecule has 7 rings (SSSR count). The molecule has 0 atom stereocenters. The lowest BCUT2D eigenvalue weighted by Gasteiger charge is -2.18. The zero-order valence-electron chi connectivity index (χ0n) is 23.7. The summed E-state index contributed by atoms with van der Waals surface area (Å²) in [5.41, 5.74) is 5.13. The molecule has 6 aromatic rings. The number of fused-ring (bicyclic) bond motifs is 3. The number of ether oxygens (including phenoxy) is 2. The fraction of sp³-hybridized carbons (Fsp3) is 0.125. The zero-order valence-corrected chi connectivity index (χ0v) is 23.7. The van der Waals surface area contributed by atoms with Crippen molar-refractivity contribution >= 4 is 45.3 Å². The second kappa shape index (κ2) is 11.0. The van der Waals surface area contributed by atoms with Crippen molar-refractivity contribution in [1.82, 2.24) is 25.1 Å². The second-order valence-electron chi connectivity index (χ2n) is 10.2. The Balaban J connectivity index is 1.12. The molecule has 1 aliphatic heterocycles. The average molecular weight is 588 g/mol. The first-order valence-corrected chi connectivity index (χ1v) is 13.8. The number of benzene rings is 3. The molecule has 2 N–H and O–H groups in total. The van der Waals surface area contributed by atoms with Gasteiger partial charge in [-0.15, -0.1) is 5.10 Å². The van der Waals surface area contributed by atoms with Gasteiger partial charge in [-0.25, -0.2) is 4.98 Å². The molecule has 0 saturated carbocycles. The SMILES string of the molecule is Cc1cc(On2nnc3cccnc32)c2cc(C(=O)Nc3cc(NC(=O)c4ccc5c(c4)OCCO5)ccc3C)ccc2n1. The number of carbonyl (C=O) groups is 2. The highest BCUT2D eigenvalue weighted by atomic mass is 16.7. The van der Waals surface area contributed by atoms with Crippen molar-refractivity contribution < 1.29 is 23.9 Å². The summed E-state index contributed by atoms with van der Waals surface area (Å²) in [7, 11) is 0. The van der Waals surface area contributed by atoms with E-state index in [1.54, 1.807) is 72.9 Å². The Kier molecular flexibility index (Phi) is 6.70. The normalized spacial score (nSPS) is 12.2. The van der Waals surface area contributed by atoms with Crippen LogP contribution in [0.15, 0.2) is 79.0 Å². The number of aromatic nitrogens is 5. The van der Waals surface area contributed by atoms with Gasteiger partial charge in [0.2, 0.25) is 5.65 Å². The third-order valence-electron chi connectivity index (χ3n) is 7.07. The lowest BCUT2D eigenvalue weighted by molar-refractivity contribution is 0.101. The van der Waals surface area contributed by atoms with Crippen LogP contribution in [0.25, 0.3) is 22.1 Å². The molecule has 12 heteroatoms. The molecule has 0 bridgehead atoms. The van der Waals surface area contributed by atoms with Crippen LogP contribution < -0.4 is 24.9 Å². The number of nitrogens with one attached hydrogen (secondary N) is 2. The summed E-state index contributed by atoms with van der Waals surface area (Å²) in [5.74, 6) is 0.921. The summed E-state index contributed by atoms with van der Waals surface area (Å²) in [5, 5.41) is 14.6. The van der Waals surface area contributed by atoms with Crippen molar-refractivity contribution in [1.29, 1.82) is 0 Å². The Labute approximate surface area is 250 Å². The molecule has 44 heavy (non-hydrogen) atoms. The van der Waals surface area contributed by atoms with E-state index in [0.717, 1.165) is 11.3 Å². The molecule has 0 radical (unpaired) electrons. The minimum atomic E-state index is -0.343. The number of hydrogen-bond donors (Lipinski definition) is 2. The Morgan fingerprint density at radius 2 is 1.64 bits per heavy atom. The van der Waals surface area contributed by atoms with Crippen molar-refractivity contribution in [2.24, 2.45) is 0 Å². The molecule has 3 aromatic heterocycles. The predicted octanol–water partition coefficient (Wildman–Crippen LogP) is 5.11. The van der Waals surface area contributed by atoms with E-state index in [1.807, 2.05) is 19.9 Å². The highest BCUT2D eigenvalue weighted by Crippen LogP contribution is 2.32. The standard InChI is InChI=1S/C32H25N7O5/c1-18-5-8-22(35-31(40)21-7-10-27-29(16-21)43-13-12-42-27)17-26(18)36-32(41)20-6-9-24-23(15-20)28(14-19(2)34-24)44-39-30-25(37-38-39)4-3-11-33-30/h3-11,14-17H,12-13H2,1-2H3,(H,35,40)(H,36,41). The molecule has 0 fully saturated rings. The molecule has 12 nitrogen and oxygen atoms in total. The molecule has 4 heterocycles. The van der Waals surface area contributed by atoms with Gasteiger partial charge in [-0.3, -0.25) is 14.6 Å². The molecular formula is C32H25N7O5. The predicted molar refractivity (Wildman–Crippen MR) is 162 cm³/mol. The summed E-state index contributed by atoms with van der Waals surface area (Å²) < 4.78 is 11.1. The van der Waals surface area contributed by atoms with E-state index in [0.29, 0.717) is 75.0 Å². The van der Waals surface area contributed by atoms with Crippen molar-refractivity contribution in [3.05, 3.63) is 101 Å². The van der Waals surface area contributed by atoms with E-state index >= 15 is 0 Å². The Bertz CT molecular complexity index is 2090. The van der Waals surface area contributed by atoms with Gasteiger partial charge in [-0.1, -0.05) is 10.9 Å². The summed E-state index contributed by atoms with van der Waals surface area (Å²) >= 11 is 0. The van der Waals surface area contributed by atoms with Crippen molar-refractivity contribution in [3.63, 3.8) is 0 Å². The van der Waals surface area contributed by atoms with Gasteiger partial charge in [-0.05, 0) is 85.3 Å². The van der Waals surface area contributed by atoms with Gasteiger partial charge in [0.15, 0.2) is 17.2 Å². The van der Waals surface area contributed by atoms with E-state index in [1.165, 1.54) is 4.85 Å². The number of amides is 2. The number of pyridine rings is 2. The average Bonchev–Trinajstić information content (AvgIpc) is 3.44. The molecule has 1 aliphatic rings. The monoisotopic (exact) mass is 587 g/mol. The largest absolute Gasteiger partial charge is 0.486 e. The van der Waals surface area contributed by atoms with Gasteiger partial charge in [-0.2, -0.15) is 0 Å². The van der Waals surface area contributed by atoms with E-state index < -0.39 is 0 Å². The minimum absolute atomic E-state index is 0.316. The van der Waals surface area contributed by atoms with E-state index in [-0.39, 0.29) is 11.8 Å². The van der Waals surface area contributed by atoms with Gasteiger partial charge in [0.25, 0.3) is 11.8 Å². The summed E-state index contributed by atoms with van der Waals surface area (Å²) in [6.45, 7) is 4.63. The van der Waals surface area contributed by atoms with Crippen molar-refractivity contribution in [2.75, 3.05) is 23.8 Å². The lowest BCUT2D eigenvalue weighted by Crippen LogP contribution is -2.17. The van der Waals surface area contributed by atoms with E-state index in [4.69, 9.17) is 14.3 Å². The van der Waals surface area contributed by atoms with Gasteiger partial charge >= 0.3 is 0 Å². The molecule has 218 valence electrons. The highest BCUT2D eigenvalue weighted by molar-refractivity contribution is 6.08. The van der Waals surface area contributed by atoms with Crippen LogP contribution in [0.5, 0.6) is 17.2 Å². The molecule has 3 aromatic carbocycles. The third-order valence-corrected chi connectivity index (χ3v) is 7.07. The zero-order chi connectivity index (χ0) is 30.2. The first kappa shape index (κ1) is 26.8. The summed E-state index contributed by atoms with van der Waals surface area (Å²) in [6, 6.07) is 20.8. The Morgan fingerprint density at radius 3 is 2.52 bits per heavy atom. The number of anilines is 2. The maximum atomic E-state index is 13.4.